The summed E-state index contributed by atoms with van der Waals surface area (Å²) in [6.07, 6.45) is 3.73. The van der Waals surface area contributed by atoms with Crippen molar-refractivity contribution in [1.82, 2.24) is 24.9 Å². The molecule has 36 heavy (non-hydrogen) atoms. The smallest absolute Gasteiger partial charge is 0.158 e. The van der Waals surface area contributed by atoms with Crippen molar-refractivity contribution in [1.29, 1.82) is 0 Å². The lowest BCUT2D eigenvalue weighted by Crippen LogP contribution is -1.91. The summed E-state index contributed by atoms with van der Waals surface area (Å²) in [5, 5.41) is 0. The van der Waals surface area contributed by atoms with E-state index in [4.69, 9.17) is 15.0 Å². The van der Waals surface area contributed by atoms with Gasteiger partial charge in [-0.25, -0.2) is 15.0 Å². The SMILES string of the molecule is CCC1=C(C)c2nc1cc1[nH]c(cc3[nH]c(cc4nc(n2)C(CC)=C4C)c(CC)c3C)c(CC)c1C. The molecule has 2 N–H and O–H groups in total. The van der Waals surface area contributed by atoms with Crippen molar-refractivity contribution in [3.05, 3.63) is 63.5 Å². The Bertz CT molecular complexity index is 1610. The molecular weight excluding hydrogens is 442 g/mol. The van der Waals surface area contributed by atoms with Crippen molar-refractivity contribution in [2.45, 2.75) is 81.1 Å². The van der Waals surface area contributed by atoms with Crippen LogP contribution in [0.4, 0.5) is 0 Å². The van der Waals surface area contributed by atoms with Crippen LogP contribution in [0.5, 0.6) is 0 Å². The molecule has 186 valence electrons. The second kappa shape index (κ2) is 9.20. The summed E-state index contributed by atoms with van der Waals surface area (Å²) in [4.78, 5) is 22.5. The van der Waals surface area contributed by atoms with Gasteiger partial charge < -0.3 is 9.97 Å². The maximum absolute atomic E-state index is 5.04. The molecule has 5 nitrogen and oxygen atoms in total. The highest BCUT2D eigenvalue weighted by atomic mass is 15.0. The third-order valence-electron chi connectivity index (χ3n) is 8.04. The van der Waals surface area contributed by atoms with E-state index in [0.717, 1.165) is 76.4 Å². The van der Waals surface area contributed by atoms with Gasteiger partial charge in [-0.05, 0) is 111 Å². The topological polar surface area (TPSA) is 70.2 Å². The lowest BCUT2D eigenvalue weighted by Gasteiger charge is -2.00. The lowest BCUT2D eigenvalue weighted by atomic mass is 10.0. The van der Waals surface area contributed by atoms with Gasteiger partial charge in [-0.1, -0.05) is 27.7 Å². The van der Waals surface area contributed by atoms with Crippen molar-refractivity contribution in [3.8, 4) is 0 Å². The van der Waals surface area contributed by atoms with Gasteiger partial charge >= 0.3 is 0 Å². The predicted molar refractivity (Wildman–Crippen MR) is 153 cm³/mol. The van der Waals surface area contributed by atoms with E-state index in [2.05, 4.69) is 83.6 Å². The van der Waals surface area contributed by atoms with Crippen molar-refractivity contribution in [3.63, 3.8) is 0 Å². The van der Waals surface area contributed by atoms with Crippen LogP contribution in [0, 0.1) is 13.8 Å². The van der Waals surface area contributed by atoms with E-state index >= 15 is 0 Å². The van der Waals surface area contributed by atoms with Crippen LogP contribution < -0.4 is 0 Å². The molecule has 0 fully saturated rings. The number of aromatic nitrogens is 5. The molecule has 0 saturated carbocycles. The van der Waals surface area contributed by atoms with Gasteiger partial charge in [-0.2, -0.15) is 0 Å². The molecule has 0 aromatic carbocycles. The van der Waals surface area contributed by atoms with Crippen molar-refractivity contribution in [2.75, 3.05) is 0 Å². The van der Waals surface area contributed by atoms with E-state index in [1.165, 1.54) is 39.0 Å². The Kier molecular flexibility index (Phi) is 6.19. The Morgan fingerprint density at radius 2 is 1.06 bits per heavy atom. The fraction of sp³-hybridized carbons (Fsp3) is 0.387. The number of nitrogens with zero attached hydrogens (tertiary/aromatic N) is 3. The van der Waals surface area contributed by atoms with Gasteiger partial charge in [0.1, 0.15) is 0 Å². The van der Waals surface area contributed by atoms with E-state index < -0.39 is 0 Å². The maximum Gasteiger partial charge on any atom is 0.158 e. The molecule has 5 heteroatoms. The van der Waals surface area contributed by atoms with Gasteiger partial charge in [0.25, 0.3) is 0 Å². The zero-order valence-electron chi connectivity index (χ0n) is 22.9. The minimum atomic E-state index is 0.780. The second-order valence-electron chi connectivity index (χ2n) is 9.92. The quantitative estimate of drug-likeness (QED) is 0.397. The number of fused-ring (bicyclic) bond motifs is 8. The average Bonchev–Trinajstić information content (AvgIpc) is 3.51. The summed E-state index contributed by atoms with van der Waals surface area (Å²) < 4.78 is 0. The Balaban J connectivity index is 2.00. The monoisotopic (exact) mass is 479 g/mol. The molecule has 3 aromatic heterocycles. The van der Waals surface area contributed by atoms with Crippen LogP contribution in [0.1, 0.15) is 99.7 Å². The number of nitrogens with one attached hydrogen (secondary N) is 2. The normalized spacial score (nSPS) is 13.8. The molecule has 3 aromatic rings. The molecule has 0 radical (unpaired) electrons. The third-order valence-corrected chi connectivity index (χ3v) is 8.04. The maximum atomic E-state index is 5.04. The molecular formula is C31H37N5. The van der Waals surface area contributed by atoms with Gasteiger partial charge in [0, 0.05) is 27.6 Å². The first-order valence-electron chi connectivity index (χ1n) is 13.3. The fourth-order valence-electron chi connectivity index (χ4n) is 5.83. The molecule has 0 aliphatic carbocycles. The zero-order valence-corrected chi connectivity index (χ0v) is 22.9. The number of H-pyrrole nitrogens is 2. The molecule has 0 amide bonds. The minimum Gasteiger partial charge on any atom is -0.355 e. The molecule has 5 heterocycles. The van der Waals surface area contributed by atoms with Gasteiger partial charge in [0.05, 0.1) is 11.4 Å². The van der Waals surface area contributed by atoms with E-state index in [1.54, 1.807) is 0 Å². The fourth-order valence-corrected chi connectivity index (χ4v) is 5.83. The third kappa shape index (κ3) is 3.73. The van der Waals surface area contributed by atoms with Crippen LogP contribution in [0.3, 0.4) is 0 Å². The van der Waals surface area contributed by atoms with Crippen LogP contribution >= 0.6 is 0 Å². The molecule has 0 atom stereocenters. The highest BCUT2D eigenvalue weighted by molar-refractivity contribution is 5.93. The second-order valence-corrected chi connectivity index (χ2v) is 9.92. The first-order valence-corrected chi connectivity index (χ1v) is 13.3. The van der Waals surface area contributed by atoms with Crippen LogP contribution in [0.2, 0.25) is 0 Å². The number of rotatable bonds is 4. The first kappa shape index (κ1) is 24.2. The Morgan fingerprint density at radius 1 is 0.528 bits per heavy atom. The van der Waals surface area contributed by atoms with Crippen LogP contribution in [0.15, 0.2) is 18.2 Å². The van der Waals surface area contributed by atoms with Crippen molar-refractivity contribution in [2.24, 2.45) is 0 Å². The van der Waals surface area contributed by atoms with Gasteiger partial charge in [0.2, 0.25) is 0 Å². The van der Waals surface area contributed by atoms with Crippen LogP contribution in [0.25, 0.3) is 44.4 Å². The molecule has 0 unspecified atom stereocenters. The van der Waals surface area contributed by atoms with Crippen molar-refractivity contribution < 1.29 is 0 Å². The van der Waals surface area contributed by atoms with Crippen LogP contribution in [-0.2, 0) is 12.8 Å². The lowest BCUT2D eigenvalue weighted by molar-refractivity contribution is 1.06. The largest absolute Gasteiger partial charge is 0.355 e. The molecule has 5 rings (SSSR count). The van der Waals surface area contributed by atoms with Gasteiger partial charge in [-0.15, -0.1) is 0 Å². The predicted octanol–water partition coefficient (Wildman–Crippen LogP) is 8.13. The summed E-state index contributed by atoms with van der Waals surface area (Å²) >= 11 is 0. The molecule has 2 aliphatic heterocycles. The zero-order chi connectivity index (χ0) is 25.7. The first-order chi connectivity index (χ1) is 17.3. The number of aryl methyl sites for hydroxylation is 4. The highest BCUT2D eigenvalue weighted by Gasteiger charge is 2.21. The summed E-state index contributed by atoms with van der Waals surface area (Å²) in [5.41, 5.74) is 16.6. The number of hydrogen-bond acceptors (Lipinski definition) is 3. The van der Waals surface area contributed by atoms with E-state index in [-0.39, 0.29) is 0 Å². The van der Waals surface area contributed by atoms with E-state index in [0.29, 0.717) is 0 Å². The number of allylic oxidation sites excluding steroid dienone is 4. The van der Waals surface area contributed by atoms with Gasteiger partial charge in [0.15, 0.2) is 11.6 Å². The summed E-state index contributed by atoms with van der Waals surface area (Å²) in [6.45, 7) is 17.6. The number of aromatic amines is 2. The average molecular weight is 480 g/mol. The van der Waals surface area contributed by atoms with E-state index in [9.17, 15) is 0 Å². The van der Waals surface area contributed by atoms with Crippen LogP contribution in [-0.4, -0.2) is 24.9 Å². The standard InChI is InChI=1S/C31H37N5/c1-9-20-17(6)25-14-29-22(11-3)19(8)30(35-29)36-31-23(12-4)18(7)26(34-31)15-28-21(10-2)16(5)24(32-28)13-27(20)33-25/h13-15,32-33H,9-12H2,1-8H3. The van der Waals surface area contributed by atoms with Crippen molar-refractivity contribution >= 4 is 44.4 Å². The summed E-state index contributed by atoms with van der Waals surface area (Å²) in [6, 6.07) is 6.69. The summed E-state index contributed by atoms with van der Waals surface area (Å²) in [7, 11) is 0. The minimum absolute atomic E-state index is 0.780. The molecule has 0 spiro atoms. The highest BCUT2D eigenvalue weighted by Crippen LogP contribution is 2.35. The Morgan fingerprint density at radius 3 is 1.64 bits per heavy atom. The molecule has 0 saturated heterocycles. The van der Waals surface area contributed by atoms with Gasteiger partial charge in [-0.3, -0.25) is 0 Å². The Hall–Kier alpha value is -3.47. The number of hydrogen-bond donors (Lipinski definition) is 2. The molecule has 8 bridgehead atoms. The Labute approximate surface area is 213 Å². The summed E-state index contributed by atoms with van der Waals surface area (Å²) in [5.74, 6) is 1.57. The van der Waals surface area contributed by atoms with E-state index in [1.807, 2.05) is 0 Å². The molecule has 2 aliphatic rings.